The number of nitrogens with zero attached hydrogens (tertiary/aromatic N) is 2. The van der Waals surface area contributed by atoms with Crippen LogP contribution in [-0.4, -0.2) is 43.8 Å². The minimum absolute atomic E-state index is 0.0957. The molecule has 0 spiro atoms. The Labute approximate surface area is 152 Å². The zero-order chi connectivity index (χ0) is 17.9. The SMILES string of the molecule is O=S(=O)(Cc1ccc(F)cc1)N1CCN(Cc2cccc(Cl)c2)CC1. The van der Waals surface area contributed by atoms with Gasteiger partial charge in [-0.2, -0.15) is 4.31 Å². The number of piperazine rings is 1. The van der Waals surface area contributed by atoms with E-state index in [1.54, 1.807) is 0 Å². The molecule has 7 heteroatoms. The third-order valence-corrected chi connectivity index (χ3v) is 6.37. The standard InChI is InChI=1S/C18H20ClFN2O2S/c19-17-3-1-2-16(12-17)13-21-8-10-22(11-9-21)25(23,24)14-15-4-6-18(20)7-5-15/h1-7,12H,8-11,13-14H2. The van der Waals surface area contributed by atoms with Crippen LogP contribution in [0.15, 0.2) is 48.5 Å². The lowest BCUT2D eigenvalue weighted by molar-refractivity contribution is 0.181. The molecule has 1 saturated heterocycles. The van der Waals surface area contributed by atoms with Gasteiger partial charge < -0.3 is 0 Å². The summed E-state index contributed by atoms with van der Waals surface area (Å²) >= 11 is 6.00. The van der Waals surface area contributed by atoms with Gasteiger partial charge in [0.1, 0.15) is 5.82 Å². The maximum Gasteiger partial charge on any atom is 0.218 e. The van der Waals surface area contributed by atoms with E-state index >= 15 is 0 Å². The monoisotopic (exact) mass is 382 g/mol. The molecule has 2 aromatic rings. The first-order chi connectivity index (χ1) is 11.9. The van der Waals surface area contributed by atoms with Crippen molar-refractivity contribution in [1.29, 1.82) is 0 Å². The number of sulfonamides is 1. The van der Waals surface area contributed by atoms with Crippen molar-refractivity contribution >= 4 is 21.6 Å². The minimum atomic E-state index is -3.39. The lowest BCUT2D eigenvalue weighted by atomic mass is 10.2. The predicted molar refractivity (Wildman–Crippen MR) is 97.3 cm³/mol. The van der Waals surface area contributed by atoms with Crippen molar-refractivity contribution in [2.24, 2.45) is 0 Å². The van der Waals surface area contributed by atoms with Crippen LogP contribution >= 0.6 is 11.6 Å². The smallest absolute Gasteiger partial charge is 0.218 e. The molecule has 1 aliphatic rings. The lowest BCUT2D eigenvalue weighted by Crippen LogP contribution is -2.48. The number of hydrogen-bond acceptors (Lipinski definition) is 3. The van der Waals surface area contributed by atoms with Crippen LogP contribution in [0.1, 0.15) is 11.1 Å². The lowest BCUT2D eigenvalue weighted by Gasteiger charge is -2.34. The highest BCUT2D eigenvalue weighted by atomic mass is 35.5. The quantitative estimate of drug-likeness (QED) is 0.797. The second-order valence-corrected chi connectivity index (χ2v) is 8.59. The Morgan fingerprint density at radius 2 is 1.64 bits per heavy atom. The summed E-state index contributed by atoms with van der Waals surface area (Å²) in [5, 5.41) is 0.706. The summed E-state index contributed by atoms with van der Waals surface area (Å²) < 4.78 is 39.6. The van der Waals surface area contributed by atoms with E-state index < -0.39 is 10.0 Å². The first-order valence-electron chi connectivity index (χ1n) is 8.11. The van der Waals surface area contributed by atoms with Crippen molar-refractivity contribution in [3.8, 4) is 0 Å². The van der Waals surface area contributed by atoms with E-state index in [-0.39, 0.29) is 11.6 Å². The van der Waals surface area contributed by atoms with E-state index in [1.807, 2.05) is 24.3 Å². The van der Waals surface area contributed by atoms with Crippen molar-refractivity contribution in [2.45, 2.75) is 12.3 Å². The van der Waals surface area contributed by atoms with Crippen molar-refractivity contribution in [1.82, 2.24) is 9.21 Å². The largest absolute Gasteiger partial charge is 0.296 e. The van der Waals surface area contributed by atoms with Crippen LogP contribution in [-0.2, 0) is 22.3 Å². The molecule has 0 radical (unpaired) electrons. The average Bonchev–Trinajstić information content (AvgIpc) is 2.57. The van der Waals surface area contributed by atoms with Crippen LogP contribution in [0.2, 0.25) is 5.02 Å². The molecule has 2 aromatic carbocycles. The third kappa shape index (κ3) is 5.01. The van der Waals surface area contributed by atoms with Crippen LogP contribution in [0, 0.1) is 5.82 Å². The second kappa shape index (κ2) is 7.83. The molecule has 0 aromatic heterocycles. The molecule has 134 valence electrons. The highest BCUT2D eigenvalue weighted by Gasteiger charge is 2.27. The number of rotatable bonds is 5. The Morgan fingerprint density at radius 3 is 2.28 bits per heavy atom. The molecule has 1 heterocycles. The summed E-state index contributed by atoms with van der Waals surface area (Å²) in [6, 6.07) is 13.3. The molecule has 0 aliphatic carbocycles. The molecular weight excluding hydrogens is 363 g/mol. The van der Waals surface area contributed by atoms with Gasteiger partial charge in [-0.15, -0.1) is 0 Å². The van der Waals surface area contributed by atoms with Gasteiger partial charge >= 0.3 is 0 Å². The first kappa shape index (κ1) is 18.3. The third-order valence-electron chi connectivity index (χ3n) is 4.28. The molecule has 0 saturated carbocycles. The van der Waals surface area contributed by atoms with Crippen molar-refractivity contribution in [2.75, 3.05) is 26.2 Å². The summed E-state index contributed by atoms with van der Waals surface area (Å²) in [7, 11) is -3.39. The maximum atomic E-state index is 12.9. The molecular formula is C18H20ClFN2O2S. The number of halogens is 2. The Balaban J connectivity index is 1.56. The predicted octanol–water partition coefficient (Wildman–Crippen LogP) is 3.13. The summed E-state index contributed by atoms with van der Waals surface area (Å²) in [6.45, 7) is 3.03. The number of hydrogen-bond donors (Lipinski definition) is 0. The fourth-order valence-electron chi connectivity index (χ4n) is 2.94. The maximum absolute atomic E-state index is 12.9. The summed E-state index contributed by atoms with van der Waals surface area (Å²) in [6.07, 6.45) is 0. The topological polar surface area (TPSA) is 40.6 Å². The van der Waals surface area contributed by atoms with Gasteiger partial charge in [-0.3, -0.25) is 4.90 Å². The molecule has 0 unspecified atom stereocenters. The van der Waals surface area contributed by atoms with Crippen LogP contribution < -0.4 is 0 Å². The molecule has 4 nitrogen and oxygen atoms in total. The minimum Gasteiger partial charge on any atom is -0.296 e. The summed E-state index contributed by atoms with van der Waals surface area (Å²) in [5.74, 6) is -0.461. The van der Waals surface area contributed by atoms with Gasteiger partial charge in [0.2, 0.25) is 10.0 Å². The Bertz CT molecular complexity index is 819. The van der Waals surface area contributed by atoms with E-state index in [2.05, 4.69) is 4.90 Å². The van der Waals surface area contributed by atoms with Gasteiger partial charge in [-0.1, -0.05) is 35.9 Å². The van der Waals surface area contributed by atoms with Gasteiger partial charge in [0, 0.05) is 37.7 Å². The van der Waals surface area contributed by atoms with Crippen LogP contribution in [0.3, 0.4) is 0 Å². The Morgan fingerprint density at radius 1 is 0.960 bits per heavy atom. The van der Waals surface area contributed by atoms with Crippen LogP contribution in [0.5, 0.6) is 0 Å². The molecule has 3 rings (SSSR count). The van der Waals surface area contributed by atoms with Gasteiger partial charge in [0.05, 0.1) is 5.75 Å². The van der Waals surface area contributed by atoms with Crippen molar-refractivity contribution < 1.29 is 12.8 Å². The van der Waals surface area contributed by atoms with Gasteiger partial charge in [0.15, 0.2) is 0 Å². The second-order valence-electron chi connectivity index (χ2n) is 6.19. The van der Waals surface area contributed by atoms with Gasteiger partial charge in [0.25, 0.3) is 0 Å². The highest BCUT2D eigenvalue weighted by Crippen LogP contribution is 2.17. The van der Waals surface area contributed by atoms with E-state index in [9.17, 15) is 12.8 Å². The average molecular weight is 383 g/mol. The Kier molecular flexibility index (Phi) is 5.74. The normalized spacial score (nSPS) is 16.9. The molecule has 0 amide bonds. The molecule has 1 fully saturated rings. The first-order valence-corrected chi connectivity index (χ1v) is 10.1. The molecule has 25 heavy (non-hydrogen) atoms. The van der Waals surface area contributed by atoms with E-state index in [0.29, 0.717) is 36.8 Å². The van der Waals surface area contributed by atoms with E-state index in [1.165, 1.54) is 28.6 Å². The molecule has 0 bridgehead atoms. The van der Waals surface area contributed by atoms with E-state index in [0.717, 1.165) is 12.1 Å². The van der Waals surface area contributed by atoms with Crippen LogP contribution in [0.25, 0.3) is 0 Å². The number of benzene rings is 2. The summed E-state index contributed by atoms with van der Waals surface area (Å²) in [5.41, 5.74) is 1.72. The van der Waals surface area contributed by atoms with Gasteiger partial charge in [-0.25, -0.2) is 12.8 Å². The molecule has 0 atom stereocenters. The van der Waals surface area contributed by atoms with E-state index in [4.69, 9.17) is 11.6 Å². The fourth-order valence-corrected chi connectivity index (χ4v) is 4.67. The van der Waals surface area contributed by atoms with Crippen molar-refractivity contribution in [3.63, 3.8) is 0 Å². The van der Waals surface area contributed by atoms with Crippen molar-refractivity contribution in [3.05, 3.63) is 70.5 Å². The molecule has 1 aliphatic heterocycles. The summed E-state index contributed by atoms with van der Waals surface area (Å²) in [4.78, 5) is 2.22. The zero-order valence-corrected chi connectivity index (χ0v) is 15.3. The zero-order valence-electron chi connectivity index (χ0n) is 13.7. The highest BCUT2D eigenvalue weighted by molar-refractivity contribution is 7.88. The molecule has 0 N–H and O–H groups in total. The van der Waals surface area contributed by atoms with Crippen LogP contribution in [0.4, 0.5) is 4.39 Å². The van der Waals surface area contributed by atoms with Gasteiger partial charge in [-0.05, 0) is 35.4 Å². The Hall–Kier alpha value is -1.47. The fraction of sp³-hybridized carbons (Fsp3) is 0.333.